The molecule has 0 aromatic heterocycles. The summed E-state index contributed by atoms with van der Waals surface area (Å²) in [5, 5.41) is 3.74. The van der Waals surface area contributed by atoms with Gasteiger partial charge in [-0.05, 0) is 62.6 Å². The minimum Gasteiger partial charge on any atom is -0.493 e. The fourth-order valence-electron chi connectivity index (χ4n) is 3.34. The number of anilines is 1. The second-order valence-corrected chi connectivity index (χ2v) is 7.49. The molecule has 2 rings (SSSR count). The van der Waals surface area contributed by atoms with E-state index in [-0.39, 0.29) is 17.9 Å². The van der Waals surface area contributed by atoms with E-state index in [0.29, 0.717) is 11.8 Å². The standard InChI is InChI=1S/C19H31NO.ClH/c1-8-21-18-15(12(2)3)11-16-14(17(18)13(4)5)9-10-19(6,7)20-16;/h11-13,20H,8-10H2,1-7H3;1H. The molecule has 1 aliphatic rings. The summed E-state index contributed by atoms with van der Waals surface area (Å²) in [4.78, 5) is 0. The van der Waals surface area contributed by atoms with Crippen LogP contribution in [-0.2, 0) is 6.42 Å². The average Bonchev–Trinajstić information content (AvgIpc) is 2.36. The van der Waals surface area contributed by atoms with E-state index >= 15 is 0 Å². The molecule has 0 saturated carbocycles. The third kappa shape index (κ3) is 3.71. The fourth-order valence-corrected chi connectivity index (χ4v) is 3.34. The minimum absolute atomic E-state index is 0. The molecule has 0 amide bonds. The first kappa shape index (κ1) is 19.2. The molecule has 1 aromatic rings. The highest BCUT2D eigenvalue weighted by atomic mass is 35.5. The van der Waals surface area contributed by atoms with Crippen molar-refractivity contribution in [2.45, 2.75) is 78.7 Å². The molecule has 0 bridgehead atoms. The van der Waals surface area contributed by atoms with Gasteiger partial charge in [0.05, 0.1) is 6.61 Å². The van der Waals surface area contributed by atoms with Crippen LogP contribution in [0.2, 0.25) is 0 Å². The van der Waals surface area contributed by atoms with Crippen LogP contribution in [0.3, 0.4) is 0 Å². The third-order valence-electron chi connectivity index (χ3n) is 4.42. The molecule has 0 aliphatic carbocycles. The van der Waals surface area contributed by atoms with Crippen LogP contribution in [0.5, 0.6) is 5.75 Å². The molecular weight excluding hydrogens is 294 g/mol. The quantitative estimate of drug-likeness (QED) is 0.745. The number of ether oxygens (including phenoxy) is 1. The molecule has 0 saturated heterocycles. The van der Waals surface area contributed by atoms with Crippen molar-refractivity contribution in [1.82, 2.24) is 0 Å². The third-order valence-corrected chi connectivity index (χ3v) is 4.42. The number of rotatable bonds is 4. The summed E-state index contributed by atoms with van der Waals surface area (Å²) in [7, 11) is 0. The molecule has 1 aliphatic heterocycles. The molecule has 126 valence electrons. The van der Waals surface area contributed by atoms with E-state index < -0.39 is 0 Å². The van der Waals surface area contributed by atoms with Crippen LogP contribution in [0.15, 0.2) is 6.07 Å². The topological polar surface area (TPSA) is 21.3 Å². The molecule has 0 fully saturated rings. The van der Waals surface area contributed by atoms with Crippen LogP contribution in [0.4, 0.5) is 5.69 Å². The normalized spacial score (nSPS) is 16.0. The van der Waals surface area contributed by atoms with Crippen molar-refractivity contribution in [2.75, 3.05) is 11.9 Å². The summed E-state index contributed by atoms with van der Waals surface area (Å²) in [5.41, 5.74) is 5.73. The predicted octanol–water partition coefficient (Wildman–Crippen LogP) is 5.89. The number of benzene rings is 1. The molecule has 2 nitrogen and oxygen atoms in total. The van der Waals surface area contributed by atoms with Crippen molar-refractivity contribution in [3.8, 4) is 5.75 Å². The van der Waals surface area contributed by atoms with Gasteiger partial charge in [0.25, 0.3) is 0 Å². The maximum atomic E-state index is 6.08. The smallest absolute Gasteiger partial charge is 0.126 e. The molecule has 0 unspecified atom stereocenters. The Morgan fingerprint density at radius 2 is 1.82 bits per heavy atom. The predicted molar refractivity (Wildman–Crippen MR) is 99.1 cm³/mol. The van der Waals surface area contributed by atoms with Crippen molar-refractivity contribution in [3.05, 3.63) is 22.8 Å². The van der Waals surface area contributed by atoms with Gasteiger partial charge in [-0.3, -0.25) is 0 Å². The van der Waals surface area contributed by atoms with Crippen molar-refractivity contribution in [3.63, 3.8) is 0 Å². The van der Waals surface area contributed by atoms with Crippen LogP contribution in [0.25, 0.3) is 0 Å². The Morgan fingerprint density at radius 3 is 2.32 bits per heavy atom. The monoisotopic (exact) mass is 325 g/mol. The van der Waals surface area contributed by atoms with Gasteiger partial charge in [-0.25, -0.2) is 0 Å². The lowest BCUT2D eigenvalue weighted by molar-refractivity contribution is 0.329. The fraction of sp³-hybridized carbons (Fsp3) is 0.684. The second kappa shape index (κ2) is 7.12. The van der Waals surface area contributed by atoms with Crippen LogP contribution in [0.1, 0.15) is 83.4 Å². The van der Waals surface area contributed by atoms with Crippen molar-refractivity contribution in [2.24, 2.45) is 0 Å². The van der Waals surface area contributed by atoms with E-state index in [2.05, 4.69) is 59.8 Å². The lowest BCUT2D eigenvalue weighted by Gasteiger charge is -2.37. The summed E-state index contributed by atoms with van der Waals surface area (Å²) in [6, 6.07) is 2.33. The molecule has 1 N–H and O–H groups in total. The first-order chi connectivity index (χ1) is 9.76. The Balaban J connectivity index is 0.00000242. The van der Waals surface area contributed by atoms with Gasteiger partial charge in [-0.2, -0.15) is 0 Å². The Bertz CT molecular complexity index is 521. The first-order valence-electron chi connectivity index (χ1n) is 8.37. The Labute approximate surface area is 142 Å². The second-order valence-electron chi connectivity index (χ2n) is 7.49. The molecule has 0 spiro atoms. The highest BCUT2D eigenvalue weighted by Crippen LogP contribution is 2.44. The van der Waals surface area contributed by atoms with E-state index in [9.17, 15) is 0 Å². The van der Waals surface area contributed by atoms with Crippen LogP contribution < -0.4 is 10.1 Å². The number of nitrogens with one attached hydrogen (secondary N) is 1. The van der Waals surface area contributed by atoms with Crippen LogP contribution in [0, 0.1) is 0 Å². The zero-order valence-electron chi connectivity index (χ0n) is 15.2. The average molecular weight is 326 g/mol. The molecule has 1 aromatic carbocycles. The maximum Gasteiger partial charge on any atom is 0.126 e. The molecular formula is C19H32ClNO. The van der Waals surface area contributed by atoms with Gasteiger partial charge in [0.2, 0.25) is 0 Å². The Hall–Kier alpha value is -0.890. The first-order valence-corrected chi connectivity index (χ1v) is 8.37. The SMILES string of the molecule is CCOc1c(C(C)C)cc2c(c1C(C)C)CCC(C)(C)N2.Cl. The van der Waals surface area contributed by atoms with E-state index in [1.165, 1.54) is 28.8 Å². The van der Waals surface area contributed by atoms with Crippen LogP contribution in [-0.4, -0.2) is 12.1 Å². The number of hydrogen-bond acceptors (Lipinski definition) is 2. The van der Waals surface area contributed by atoms with Crippen LogP contribution >= 0.6 is 12.4 Å². The zero-order valence-corrected chi connectivity index (χ0v) is 16.0. The van der Waals surface area contributed by atoms with Gasteiger partial charge in [0.1, 0.15) is 5.75 Å². The zero-order chi connectivity index (χ0) is 15.8. The number of hydrogen-bond donors (Lipinski definition) is 1. The summed E-state index contributed by atoms with van der Waals surface area (Å²) in [5.74, 6) is 2.10. The highest BCUT2D eigenvalue weighted by molar-refractivity contribution is 5.85. The molecule has 3 heteroatoms. The summed E-state index contributed by atoms with van der Waals surface area (Å²) in [6.07, 6.45) is 2.31. The van der Waals surface area contributed by atoms with Gasteiger partial charge < -0.3 is 10.1 Å². The lowest BCUT2D eigenvalue weighted by atomic mass is 9.81. The maximum absolute atomic E-state index is 6.08. The van der Waals surface area contributed by atoms with Gasteiger partial charge in [0, 0.05) is 16.8 Å². The lowest BCUT2D eigenvalue weighted by Crippen LogP contribution is -2.36. The van der Waals surface area contributed by atoms with E-state index in [4.69, 9.17) is 4.74 Å². The summed E-state index contributed by atoms with van der Waals surface area (Å²) < 4.78 is 6.08. The van der Waals surface area contributed by atoms with Crippen molar-refractivity contribution >= 4 is 18.1 Å². The van der Waals surface area contributed by atoms with E-state index in [1.54, 1.807) is 0 Å². The summed E-state index contributed by atoms with van der Waals surface area (Å²) >= 11 is 0. The largest absolute Gasteiger partial charge is 0.493 e. The minimum atomic E-state index is 0. The van der Waals surface area contributed by atoms with E-state index in [1.807, 2.05) is 0 Å². The van der Waals surface area contributed by atoms with Gasteiger partial charge in [-0.15, -0.1) is 12.4 Å². The van der Waals surface area contributed by atoms with Crippen molar-refractivity contribution in [1.29, 1.82) is 0 Å². The van der Waals surface area contributed by atoms with Gasteiger partial charge in [0.15, 0.2) is 0 Å². The molecule has 0 atom stereocenters. The van der Waals surface area contributed by atoms with Gasteiger partial charge in [-0.1, -0.05) is 27.7 Å². The molecule has 22 heavy (non-hydrogen) atoms. The van der Waals surface area contributed by atoms with Gasteiger partial charge >= 0.3 is 0 Å². The number of fused-ring (bicyclic) bond motifs is 1. The van der Waals surface area contributed by atoms with Crippen molar-refractivity contribution < 1.29 is 4.74 Å². The van der Waals surface area contributed by atoms with E-state index in [0.717, 1.165) is 18.8 Å². The Kier molecular flexibility index (Phi) is 6.20. The number of halogens is 1. The summed E-state index contributed by atoms with van der Waals surface area (Å²) in [6.45, 7) is 16.5. The molecule has 1 heterocycles. The highest BCUT2D eigenvalue weighted by Gasteiger charge is 2.30. The molecule has 0 radical (unpaired) electrons. The Morgan fingerprint density at radius 1 is 1.18 bits per heavy atom.